The number of amides is 5. The first-order chi connectivity index (χ1) is 39.1. The highest BCUT2D eigenvalue weighted by Crippen LogP contribution is 2.44. The molecule has 428 valence electrons. The number of aryl methyl sites for hydroxylation is 1. The molecule has 8 rings (SSSR count). The number of para-hydroxylation sites is 1. The second-order valence-electron chi connectivity index (χ2n) is 20.0. The van der Waals surface area contributed by atoms with E-state index in [1.807, 2.05) is 67.1 Å². The van der Waals surface area contributed by atoms with Gasteiger partial charge in [0.2, 0.25) is 11.8 Å². The van der Waals surface area contributed by atoms with Gasteiger partial charge >= 0.3 is 5.97 Å². The normalized spacial score (nSPS) is 15.0. The summed E-state index contributed by atoms with van der Waals surface area (Å²) in [7, 11) is 0. The number of aliphatic carboxylic acids is 1. The summed E-state index contributed by atoms with van der Waals surface area (Å²) in [6.45, 7) is 7.58. The molecule has 0 bridgehead atoms. The van der Waals surface area contributed by atoms with Gasteiger partial charge in [0.1, 0.15) is 17.6 Å². The van der Waals surface area contributed by atoms with Crippen molar-refractivity contribution < 1.29 is 67.4 Å². The van der Waals surface area contributed by atoms with Crippen LogP contribution in [0.4, 0.5) is 15.8 Å². The molecular weight excluding hydrogens is 1050 g/mol. The van der Waals surface area contributed by atoms with Gasteiger partial charge in [0.25, 0.3) is 17.7 Å². The number of carboxylic acids is 1. The number of aliphatic hydroxyl groups is 2. The lowest BCUT2D eigenvalue weighted by Crippen LogP contribution is -2.54. The molecule has 22 heteroatoms. The van der Waals surface area contributed by atoms with E-state index in [9.17, 15) is 48.5 Å². The van der Waals surface area contributed by atoms with Crippen LogP contribution in [-0.4, -0.2) is 146 Å². The molecule has 2 aliphatic heterocycles. The van der Waals surface area contributed by atoms with Gasteiger partial charge in [0, 0.05) is 48.3 Å². The first-order valence-electron chi connectivity index (χ1n) is 27.1. The topological polar surface area (TPSA) is 275 Å². The fraction of sp³-hybridized carbons (Fsp3) is 0.390. The number of carbonyl (C=O) groups is 6. The molecule has 0 radical (unpaired) electrons. The number of rotatable bonds is 31. The van der Waals surface area contributed by atoms with Crippen molar-refractivity contribution in [2.75, 3.05) is 63.4 Å². The Morgan fingerprint density at radius 1 is 0.790 bits per heavy atom. The van der Waals surface area contributed by atoms with E-state index in [1.165, 1.54) is 12.1 Å². The number of aromatic nitrogens is 4. The fourth-order valence-corrected chi connectivity index (χ4v) is 9.89. The number of aliphatic hydroxyl groups excluding tert-OH is 2. The van der Waals surface area contributed by atoms with E-state index in [0.29, 0.717) is 123 Å². The maximum Gasteiger partial charge on any atom is 0.305 e. The molecule has 0 aliphatic carbocycles. The Labute approximate surface area is 467 Å². The molecule has 2 aromatic heterocycles. The van der Waals surface area contributed by atoms with Gasteiger partial charge in [-0.2, -0.15) is 0 Å². The van der Waals surface area contributed by atoms with E-state index in [2.05, 4.69) is 26.3 Å². The first-order valence-corrected chi connectivity index (χ1v) is 27.1. The molecule has 0 spiro atoms. The number of carbonyl (C=O) groups excluding carboxylic acids is 5. The highest BCUT2D eigenvalue weighted by molar-refractivity contribution is 6.23. The van der Waals surface area contributed by atoms with Crippen molar-refractivity contribution >= 4 is 46.9 Å². The lowest BCUT2D eigenvalue weighted by Gasteiger charge is -2.27. The molecular formula is C59H67FN8O13. The number of imide groups is 2. The van der Waals surface area contributed by atoms with Crippen molar-refractivity contribution in [3.8, 4) is 28.1 Å². The summed E-state index contributed by atoms with van der Waals surface area (Å²) in [6, 6.07) is 26.3. The fourth-order valence-electron chi connectivity index (χ4n) is 9.89. The number of halogens is 1. The number of hydrogen-bond acceptors (Lipinski definition) is 15. The molecule has 81 heavy (non-hydrogen) atoms. The Morgan fingerprint density at radius 3 is 2.25 bits per heavy atom. The van der Waals surface area contributed by atoms with E-state index in [4.69, 9.17) is 18.9 Å². The smallest absolute Gasteiger partial charge is 0.305 e. The van der Waals surface area contributed by atoms with Crippen molar-refractivity contribution in [2.45, 2.75) is 96.1 Å². The lowest BCUT2D eigenvalue weighted by molar-refractivity contribution is -0.140. The molecule has 6 N–H and O–H groups in total. The van der Waals surface area contributed by atoms with Gasteiger partial charge in [-0.3, -0.25) is 39.0 Å². The minimum atomic E-state index is -1.25. The van der Waals surface area contributed by atoms with Gasteiger partial charge in [0.15, 0.2) is 0 Å². The highest BCUT2D eigenvalue weighted by atomic mass is 19.1. The van der Waals surface area contributed by atoms with Gasteiger partial charge in [-0.25, -0.2) is 9.07 Å². The van der Waals surface area contributed by atoms with Crippen LogP contribution in [0.3, 0.4) is 0 Å². The van der Waals surface area contributed by atoms with Crippen molar-refractivity contribution in [3.63, 3.8) is 0 Å². The van der Waals surface area contributed by atoms with E-state index >= 15 is 0 Å². The highest BCUT2D eigenvalue weighted by Gasteiger charge is 2.44. The van der Waals surface area contributed by atoms with E-state index in [0.717, 1.165) is 10.6 Å². The summed E-state index contributed by atoms with van der Waals surface area (Å²) in [4.78, 5) is 76.8. The Morgan fingerprint density at radius 2 is 1.52 bits per heavy atom. The molecule has 21 nitrogen and oxygen atoms in total. The first kappa shape index (κ1) is 59.0. The molecule has 3 atom stereocenters. The minimum Gasteiger partial charge on any atom is -0.494 e. The second-order valence-corrected chi connectivity index (χ2v) is 20.0. The molecule has 6 aromatic rings. The maximum absolute atomic E-state index is 14.7. The Kier molecular flexibility index (Phi) is 20.6. The van der Waals surface area contributed by atoms with Crippen LogP contribution >= 0.6 is 0 Å². The van der Waals surface area contributed by atoms with Crippen molar-refractivity contribution in [1.82, 2.24) is 29.8 Å². The Hall–Kier alpha value is -8.15. The standard InChI is InChI=1S/C59H67FN8O13/c1-37(2)54-53(57(75)62-41-9-4-3-5-10-41)52(55(38-13-15-40(60)16-14-38)67(54)23-21-44(69)34-45(70)35-51(72)73)39-8-6-12-46(32-39)81-25-7-11-43-36-66(65-64-43)24-27-79-29-31-80-30-28-78-26-22-61-42-17-18-47-48(33-42)59(77)68(58(47)76)49-19-20-50(71)63-56(49)74/h3-6,8-10,12-18,32-33,36-37,44-45,49,61,69-70H,7,11,19-31,34-35H2,1-2H3,(H,62,75)(H,72,73)(H,63,71,74)/t44-,45-,49?/m1/s1. The van der Waals surface area contributed by atoms with Crippen LogP contribution in [-0.2, 0) is 48.1 Å². The average molecular weight is 1120 g/mol. The molecule has 4 aromatic carbocycles. The minimum absolute atomic E-state index is 0.0506. The summed E-state index contributed by atoms with van der Waals surface area (Å²) in [5.74, 6) is -3.88. The van der Waals surface area contributed by atoms with Crippen molar-refractivity contribution in [3.05, 3.63) is 137 Å². The van der Waals surface area contributed by atoms with Crippen LogP contribution in [0.15, 0.2) is 103 Å². The zero-order valence-corrected chi connectivity index (χ0v) is 45.2. The van der Waals surface area contributed by atoms with Crippen LogP contribution < -0.4 is 20.7 Å². The predicted octanol–water partition coefficient (Wildman–Crippen LogP) is 6.48. The third kappa shape index (κ3) is 15.6. The summed E-state index contributed by atoms with van der Waals surface area (Å²) < 4.78 is 41.5. The average Bonchev–Trinajstić information content (AvgIpc) is 4.14. The zero-order valence-electron chi connectivity index (χ0n) is 45.2. The molecule has 0 saturated carbocycles. The van der Waals surface area contributed by atoms with Crippen LogP contribution in [0.1, 0.15) is 101 Å². The number of nitrogens with one attached hydrogen (secondary N) is 3. The van der Waals surface area contributed by atoms with Gasteiger partial charge < -0.3 is 49.5 Å². The Bertz CT molecular complexity index is 3170. The number of fused-ring (bicyclic) bond motifs is 1. The molecule has 1 unspecified atom stereocenters. The van der Waals surface area contributed by atoms with E-state index < -0.39 is 60.1 Å². The molecule has 4 heterocycles. The van der Waals surface area contributed by atoms with Gasteiger partial charge in [0.05, 0.1) is 99.5 Å². The van der Waals surface area contributed by atoms with Crippen molar-refractivity contribution in [2.24, 2.45) is 0 Å². The number of carboxylic acid groups (broad SMARTS) is 1. The monoisotopic (exact) mass is 1110 g/mol. The summed E-state index contributed by atoms with van der Waals surface area (Å²) >= 11 is 0. The Balaban J connectivity index is 0.785. The van der Waals surface area contributed by atoms with E-state index in [1.54, 1.807) is 47.1 Å². The number of nitrogens with zero attached hydrogens (tertiary/aromatic N) is 5. The largest absolute Gasteiger partial charge is 0.494 e. The number of ether oxygens (including phenoxy) is 4. The number of piperidine rings is 1. The van der Waals surface area contributed by atoms with Crippen LogP contribution in [0.2, 0.25) is 0 Å². The molecule has 5 amide bonds. The lowest BCUT2D eigenvalue weighted by atomic mass is 9.94. The quantitative estimate of drug-likeness (QED) is 0.0201. The van der Waals surface area contributed by atoms with Crippen molar-refractivity contribution in [1.29, 1.82) is 0 Å². The number of hydrogen-bond donors (Lipinski definition) is 6. The summed E-state index contributed by atoms with van der Waals surface area (Å²) in [6.07, 6.45) is 0.362. The van der Waals surface area contributed by atoms with Gasteiger partial charge in [-0.15, -0.1) is 5.10 Å². The number of benzene rings is 4. The third-order valence-electron chi connectivity index (χ3n) is 13.6. The summed E-state index contributed by atoms with van der Waals surface area (Å²) in [5.41, 5.74) is 5.91. The SMILES string of the molecule is CC(C)c1c(C(=O)Nc2ccccc2)c(-c2cccc(OCCCc3cn(CCOCCOCCOCCNc4ccc5c(c4)C(=O)N(C4CCC(=O)NC4=O)C5=O)nn3)c2)c(-c2ccc(F)cc2)n1CC[C@@H](O)C[C@@H](O)CC(=O)O. The van der Waals surface area contributed by atoms with E-state index in [-0.39, 0.29) is 55.2 Å². The molecule has 1 fully saturated rings. The summed E-state index contributed by atoms with van der Waals surface area (Å²) in [5, 5.41) is 47.5. The van der Waals surface area contributed by atoms with Crippen LogP contribution in [0.5, 0.6) is 5.75 Å². The molecule has 2 aliphatic rings. The predicted molar refractivity (Wildman–Crippen MR) is 295 cm³/mol. The van der Waals surface area contributed by atoms with Gasteiger partial charge in [-0.05, 0) is 116 Å². The van der Waals surface area contributed by atoms with Gasteiger partial charge in [-0.1, -0.05) is 49.4 Å². The third-order valence-corrected chi connectivity index (χ3v) is 13.6. The van der Waals surface area contributed by atoms with Crippen LogP contribution in [0, 0.1) is 5.82 Å². The second kappa shape index (κ2) is 28.3. The molecule has 1 saturated heterocycles. The number of anilines is 2. The van der Waals surface area contributed by atoms with Crippen LogP contribution in [0.25, 0.3) is 22.4 Å². The zero-order chi connectivity index (χ0) is 57.4. The maximum atomic E-state index is 14.7.